The third-order valence-corrected chi connectivity index (χ3v) is 12.2. The Morgan fingerprint density at radius 2 is 1.52 bits per heavy atom. The van der Waals surface area contributed by atoms with Gasteiger partial charge in [-0.3, -0.25) is 4.79 Å². The number of hydrogen-bond acceptors (Lipinski definition) is 4. The van der Waals surface area contributed by atoms with Crippen LogP contribution in [0.3, 0.4) is 0 Å². The van der Waals surface area contributed by atoms with E-state index in [1.165, 1.54) is 12.1 Å². The lowest BCUT2D eigenvalue weighted by Gasteiger charge is -2.41. The summed E-state index contributed by atoms with van der Waals surface area (Å²) in [5.74, 6) is -0.577. The number of carbonyl (C=O) groups excluding carboxylic acids is 1. The molecule has 0 atom stereocenters. The average molecular weight is 441 g/mol. The lowest BCUT2D eigenvalue weighted by atomic mass is 10.0. The molecule has 2 heterocycles. The lowest BCUT2D eigenvalue weighted by Crippen LogP contribution is -2.64. The highest BCUT2D eigenvalue weighted by Crippen LogP contribution is 2.35. The highest BCUT2D eigenvalue weighted by Gasteiger charge is 2.50. The largest absolute Gasteiger partial charge is 0.534 e. The molecule has 0 amide bonds. The Bertz CT molecular complexity index is 1100. The van der Waals surface area contributed by atoms with E-state index in [9.17, 15) is 26.4 Å². The third kappa shape index (κ3) is 3.20. The van der Waals surface area contributed by atoms with E-state index in [0.717, 1.165) is 48.2 Å². The average Bonchev–Trinajstić information content (AvgIpc) is 2.66. The van der Waals surface area contributed by atoms with E-state index in [-0.39, 0.29) is 5.78 Å². The molecule has 0 N–H and O–H groups in total. The first-order valence-corrected chi connectivity index (χ1v) is 13.2. The van der Waals surface area contributed by atoms with Gasteiger partial charge in [0.15, 0.2) is 5.78 Å². The van der Waals surface area contributed by atoms with Crippen molar-refractivity contribution in [2.75, 3.05) is 0 Å². The Labute approximate surface area is 167 Å². The summed E-state index contributed by atoms with van der Waals surface area (Å²) in [5, 5.41) is 1.70. The van der Waals surface area contributed by atoms with Gasteiger partial charge in [0.25, 0.3) is 0 Å². The van der Waals surface area contributed by atoms with Gasteiger partial charge in [-0.1, -0.05) is 43.0 Å². The fraction of sp³-hybridized carbons (Fsp3) is 0.350. The van der Waals surface area contributed by atoms with Gasteiger partial charge in [-0.05, 0) is 47.6 Å². The van der Waals surface area contributed by atoms with Gasteiger partial charge in [-0.15, -0.1) is 0 Å². The maximum atomic E-state index is 13.1. The molecule has 154 valence electrons. The van der Waals surface area contributed by atoms with Crippen LogP contribution in [0.1, 0.15) is 40.7 Å². The summed E-state index contributed by atoms with van der Waals surface area (Å²) < 4.78 is 65.5. The molecule has 2 aromatic carbocycles. The van der Waals surface area contributed by atoms with Crippen molar-refractivity contribution < 1.29 is 30.6 Å². The van der Waals surface area contributed by atoms with Crippen molar-refractivity contribution in [2.45, 2.75) is 43.8 Å². The van der Waals surface area contributed by atoms with Crippen LogP contribution in [-0.2, 0) is 10.1 Å². The van der Waals surface area contributed by atoms with Crippen LogP contribution >= 0.6 is 0 Å². The van der Waals surface area contributed by atoms with Crippen molar-refractivity contribution in [3.8, 4) is 5.75 Å². The molecular weight excluding hydrogens is 421 g/mol. The summed E-state index contributed by atoms with van der Waals surface area (Å²) >= 11 is 0. The van der Waals surface area contributed by atoms with Crippen LogP contribution in [0.2, 0.25) is 12.1 Å². The van der Waals surface area contributed by atoms with Gasteiger partial charge in [0, 0.05) is 11.1 Å². The fourth-order valence-electron chi connectivity index (χ4n) is 4.58. The Hall–Kier alpha value is -2.13. The molecule has 0 saturated carbocycles. The number of benzene rings is 2. The van der Waals surface area contributed by atoms with E-state index < -0.39 is 29.4 Å². The smallest absolute Gasteiger partial charge is 0.376 e. The number of fused-ring (bicyclic) bond motifs is 4. The maximum Gasteiger partial charge on any atom is 0.534 e. The van der Waals surface area contributed by atoms with Gasteiger partial charge in [-0.25, -0.2) is 0 Å². The second-order valence-corrected chi connectivity index (χ2v) is 13.5. The monoisotopic (exact) mass is 440 g/mol. The van der Waals surface area contributed by atoms with Crippen LogP contribution < -0.4 is 14.6 Å². The van der Waals surface area contributed by atoms with Gasteiger partial charge in [0.05, 0.1) is 0 Å². The van der Waals surface area contributed by atoms with E-state index >= 15 is 0 Å². The maximum absolute atomic E-state index is 13.1. The number of ketones is 1. The first kappa shape index (κ1) is 20.2. The van der Waals surface area contributed by atoms with Crippen molar-refractivity contribution in [3.05, 3.63) is 53.1 Å². The molecule has 9 heteroatoms. The zero-order valence-corrected chi connectivity index (χ0v) is 17.5. The molecule has 1 saturated heterocycles. The summed E-state index contributed by atoms with van der Waals surface area (Å²) in [6.45, 7) is 1.95. The minimum atomic E-state index is -5.77. The van der Waals surface area contributed by atoms with Crippen LogP contribution in [0.15, 0.2) is 36.4 Å². The van der Waals surface area contributed by atoms with Gasteiger partial charge < -0.3 is 4.18 Å². The SMILES string of the molecule is Cc1ccc2c(c1)[Si]1(CCCCC1)c1cc(OS(=O)(=O)C(F)(F)F)ccc1C2=O. The molecule has 0 unspecified atom stereocenters. The van der Waals surface area contributed by atoms with E-state index in [1.54, 1.807) is 0 Å². The van der Waals surface area contributed by atoms with E-state index in [2.05, 4.69) is 4.18 Å². The predicted octanol–water partition coefficient (Wildman–Crippen LogP) is 3.51. The van der Waals surface area contributed by atoms with Gasteiger partial charge in [0.2, 0.25) is 0 Å². The zero-order valence-electron chi connectivity index (χ0n) is 15.7. The topological polar surface area (TPSA) is 60.4 Å². The molecule has 0 aliphatic carbocycles. The second-order valence-electron chi connectivity index (χ2n) is 7.71. The van der Waals surface area contributed by atoms with Crippen molar-refractivity contribution in [2.24, 2.45) is 0 Å². The Balaban J connectivity index is 1.90. The fourth-order valence-corrected chi connectivity index (χ4v) is 10.7. The summed E-state index contributed by atoms with van der Waals surface area (Å²) in [7, 11) is -8.18. The Morgan fingerprint density at radius 1 is 0.931 bits per heavy atom. The molecule has 4 rings (SSSR count). The molecule has 1 spiro atoms. The summed E-state index contributed by atoms with van der Waals surface area (Å²) in [5.41, 5.74) is -3.38. The molecule has 0 bridgehead atoms. The number of rotatable bonds is 2. The van der Waals surface area contributed by atoms with Crippen molar-refractivity contribution in [1.82, 2.24) is 0 Å². The minimum absolute atomic E-state index is 0.177. The molecule has 1 fully saturated rings. The van der Waals surface area contributed by atoms with Crippen LogP contribution in [0.25, 0.3) is 0 Å². The first-order chi connectivity index (χ1) is 13.6. The van der Waals surface area contributed by atoms with Crippen LogP contribution in [0.5, 0.6) is 5.75 Å². The molecule has 4 nitrogen and oxygen atoms in total. The Morgan fingerprint density at radius 3 is 2.14 bits per heavy atom. The lowest BCUT2D eigenvalue weighted by molar-refractivity contribution is -0.0500. The molecule has 0 aromatic heterocycles. The molecule has 2 aromatic rings. The standard InChI is InChI=1S/C20H19F3O4SSi/c1-13-5-7-15-17(11-13)29(9-3-2-4-10-29)18-12-14(6-8-16(18)19(15)24)27-28(25,26)20(21,22)23/h5-8,11-12H,2-4,9-10H2,1H3. The highest BCUT2D eigenvalue weighted by atomic mass is 32.2. The van der Waals surface area contributed by atoms with E-state index in [1.807, 2.05) is 25.1 Å². The van der Waals surface area contributed by atoms with Gasteiger partial charge in [-0.2, -0.15) is 21.6 Å². The quantitative estimate of drug-likeness (QED) is 0.407. The Kier molecular flexibility index (Phi) is 4.65. The summed E-state index contributed by atoms with van der Waals surface area (Å²) in [6, 6.07) is 11.4. The minimum Gasteiger partial charge on any atom is -0.376 e. The van der Waals surface area contributed by atoms with Crippen molar-refractivity contribution in [3.63, 3.8) is 0 Å². The normalized spacial score (nSPS) is 18.3. The van der Waals surface area contributed by atoms with Crippen LogP contribution in [0.4, 0.5) is 13.2 Å². The van der Waals surface area contributed by atoms with Crippen molar-refractivity contribution in [1.29, 1.82) is 0 Å². The number of aryl methyl sites for hydroxylation is 1. The van der Waals surface area contributed by atoms with Gasteiger partial charge in [0.1, 0.15) is 13.8 Å². The van der Waals surface area contributed by atoms with Gasteiger partial charge >= 0.3 is 15.6 Å². The molecule has 0 radical (unpaired) electrons. The van der Waals surface area contributed by atoms with Crippen molar-refractivity contribution >= 4 is 34.3 Å². The number of carbonyl (C=O) groups is 1. The zero-order chi connectivity index (χ0) is 21.0. The third-order valence-electron chi connectivity index (χ3n) is 5.88. The number of halogens is 3. The number of alkyl halides is 3. The summed E-state index contributed by atoms with van der Waals surface area (Å²) in [4.78, 5) is 13.1. The summed E-state index contributed by atoms with van der Waals surface area (Å²) in [6.07, 6.45) is 3.01. The van der Waals surface area contributed by atoms with Crippen LogP contribution in [-0.4, -0.2) is 27.8 Å². The molecule has 29 heavy (non-hydrogen) atoms. The highest BCUT2D eigenvalue weighted by molar-refractivity contribution is 7.88. The first-order valence-electron chi connectivity index (χ1n) is 9.36. The number of hydrogen-bond donors (Lipinski definition) is 0. The molecule has 2 aliphatic rings. The molecule has 2 aliphatic heterocycles. The second kappa shape index (κ2) is 6.70. The van der Waals surface area contributed by atoms with E-state index in [4.69, 9.17) is 0 Å². The predicted molar refractivity (Wildman–Crippen MR) is 105 cm³/mol. The molecular formula is C20H19F3O4SSi. The van der Waals surface area contributed by atoms with Crippen LogP contribution in [0, 0.1) is 6.92 Å². The van der Waals surface area contributed by atoms with E-state index in [0.29, 0.717) is 16.3 Å².